The zero-order valence-electron chi connectivity index (χ0n) is 18.8. The Bertz CT molecular complexity index is 1300. The fourth-order valence-electron chi connectivity index (χ4n) is 3.78. The number of nitrogens with one attached hydrogen (secondary N) is 1. The van der Waals surface area contributed by atoms with Crippen LogP contribution >= 0.6 is 0 Å². The Morgan fingerprint density at radius 3 is 2.38 bits per heavy atom. The maximum Gasteiger partial charge on any atom is 0.335 e. The fourth-order valence-corrected chi connectivity index (χ4v) is 3.78. The highest BCUT2D eigenvalue weighted by Gasteiger charge is 2.36. The Kier molecular flexibility index (Phi) is 6.54. The number of anilines is 1. The van der Waals surface area contributed by atoms with E-state index < -0.39 is 17.8 Å². The van der Waals surface area contributed by atoms with Crippen molar-refractivity contribution >= 4 is 29.6 Å². The average molecular weight is 458 g/mol. The third-order valence-electron chi connectivity index (χ3n) is 5.67. The number of hydrogen-bond donors (Lipinski definition) is 1. The molecule has 3 aromatic carbocycles. The lowest BCUT2D eigenvalue weighted by molar-refractivity contribution is -0.122. The molecule has 4 amide bonds. The van der Waals surface area contributed by atoms with Crippen molar-refractivity contribution in [3.63, 3.8) is 0 Å². The second-order valence-corrected chi connectivity index (χ2v) is 7.82. The summed E-state index contributed by atoms with van der Waals surface area (Å²) in [5.41, 5.74) is 3.06. The summed E-state index contributed by atoms with van der Waals surface area (Å²) in [7, 11) is 1.50. The van der Waals surface area contributed by atoms with E-state index in [0.29, 0.717) is 29.0 Å². The maximum absolute atomic E-state index is 14.1. The van der Waals surface area contributed by atoms with Crippen LogP contribution in [0.25, 0.3) is 6.08 Å². The van der Waals surface area contributed by atoms with Gasteiger partial charge in [0, 0.05) is 6.42 Å². The van der Waals surface area contributed by atoms with Gasteiger partial charge >= 0.3 is 6.03 Å². The van der Waals surface area contributed by atoms with Gasteiger partial charge in [0.2, 0.25) is 0 Å². The Morgan fingerprint density at radius 2 is 1.71 bits per heavy atom. The molecule has 3 aromatic rings. The summed E-state index contributed by atoms with van der Waals surface area (Å²) in [5.74, 6) is -1.31. The third-order valence-corrected chi connectivity index (χ3v) is 5.67. The lowest BCUT2D eigenvalue weighted by atomic mass is 10.00. The number of halogens is 1. The smallest absolute Gasteiger partial charge is 0.335 e. The molecule has 0 unspecified atom stereocenters. The third kappa shape index (κ3) is 4.59. The number of methoxy groups -OCH3 is 1. The Labute approximate surface area is 196 Å². The molecule has 1 N–H and O–H groups in total. The van der Waals surface area contributed by atoms with Crippen molar-refractivity contribution < 1.29 is 23.5 Å². The van der Waals surface area contributed by atoms with E-state index in [0.717, 1.165) is 22.4 Å². The number of benzene rings is 3. The van der Waals surface area contributed by atoms with Gasteiger partial charge in [0.15, 0.2) is 0 Å². The molecule has 0 atom stereocenters. The summed E-state index contributed by atoms with van der Waals surface area (Å²) in [6.07, 6.45) is 2.55. The number of carbonyl (C=O) groups excluding carboxylic acids is 3. The Morgan fingerprint density at radius 1 is 0.971 bits per heavy atom. The van der Waals surface area contributed by atoms with Crippen LogP contribution in [0.1, 0.15) is 29.2 Å². The number of carbonyl (C=O) groups is 3. The molecular formula is C27H23FN2O4. The molecule has 1 fully saturated rings. The molecule has 34 heavy (non-hydrogen) atoms. The molecule has 4 rings (SSSR count). The van der Waals surface area contributed by atoms with E-state index in [-0.39, 0.29) is 11.4 Å². The van der Waals surface area contributed by atoms with Gasteiger partial charge in [0.25, 0.3) is 11.8 Å². The molecule has 0 aliphatic carbocycles. The van der Waals surface area contributed by atoms with Gasteiger partial charge in [-0.15, -0.1) is 0 Å². The van der Waals surface area contributed by atoms with Gasteiger partial charge in [0.1, 0.15) is 17.1 Å². The molecule has 0 aromatic heterocycles. The van der Waals surface area contributed by atoms with Crippen LogP contribution < -0.4 is 15.0 Å². The first-order chi connectivity index (χ1) is 16.4. The van der Waals surface area contributed by atoms with E-state index in [2.05, 4.69) is 5.32 Å². The average Bonchev–Trinajstić information content (AvgIpc) is 2.84. The topological polar surface area (TPSA) is 75.7 Å². The number of ether oxygens (including phenoxy) is 1. The lowest BCUT2D eigenvalue weighted by Crippen LogP contribution is -2.54. The van der Waals surface area contributed by atoms with Crippen LogP contribution in [0.5, 0.6) is 5.75 Å². The van der Waals surface area contributed by atoms with Gasteiger partial charge in [-0.25, -0.2) is 14.1 Å². The number of rotatable bonds is 6. The number of urea groups is 1. The number of aryl methyl sites for hydroxylation is 1. The van der Waals surface area contributed by atoms with E-state index in [4.69, 9.17) is 4.74 Å². The molecule has 1 aliphatic rings. The monoisotopic (exact) mass is 458 g/mol. The van der Waals surface area contributed by atoms with Crippen molar-refractivity contribution in [3.05, 3.63) is 100 Å². The van der Waals surface area contributed by atoms with Crippen molar-refractivity contribution in [2.24, 2.45) is 0 Å². The predicted octanol–water partition coefficient (Wildman–Crippen LogP) is 4.65. The highest BCUT2D eigenvalue weighted by atomic mass is 19.1. The van der Waals surface area contributed by atoms with Crippen LogP contribution in [0.2, 0.25) is 0 Å². The summed E-state index contributed by atoms with van der Waals surface area (Å²) >= 11 is 0. The van der Waals surface area contributed by atoms with E-state index >= 15 is 0 Å². The number of hydrogen-bond acceptors (Lipinski definition) is 4. The van der Waals surface area contributed by atoms with Crippen LogP contribution in [-0.2, 0) is 22.4 Å². The highest BCUT2D eigenvalue weighted by molar-refractivity contribution is 6.39. The second kappa shape index (κ2) is 9.70. The first-order valence-corrected chi connectivity index (χ1v) is 10.8. The molecule has 7 heteroatoms. The molecule has 0 saturated carbocycles. The summed E-state index contributed by atoms with van der Waals surface area (Å²) < 4.78 is 19.5. The summed E-state index contributed by atoms with van der Waals surface area (Å²) in [6, 6.07) is 17.8. The quantitative estimate of drug-likeness (QED) is 0.431. The van der Waals surface area contributed by atoms with Crippen molar-refractivity contribution in [1.29, 1.82) is 0 Å². The van der Waals surface area contributed by atoms with Gasteiger partial charge in [-0.3, -0.25) is 14.9 Å². The van der Waals surface area contributed by atoms with Gasteiger partial charge in [0.05, 0.1) is 12.8 Å². The molecule has 0 bridgehead atoms. The number of imide groups is 2. The summed E-state index contributed by atoms with van der Waals surface area (Å²) in [6.45, 7) is 2.00. The SMILES string of the molecule is CCc1ccc(N2C(=O)NC(=O)/C(=C\c3ccc(Cc4ccccc4F)c(OC)c3)C2=O)cc1. The van der Waals surface area contributed by atoms with Crippen LogP contribution in [0.3, 0.4) is 0 Å². The lowest BCUT2D eigenvalue weighted by Gasteiger charge is -2.26. The number of barbiturate groups is 1. The molecule has 1 aliphatic heterocycles. The molecule has 0 spiro atoms. The molecule has 6 nitrogen and oxygen atoms in total. The van der Waals surface area contributed by atoms with E-state index in [1.54, 1.807) is 48.5 Å². The summed E-state index contributed by atoms with van der Waals surface area (Å²) in [4.78, 5) is 38.9. The van der Waals surface area contributed by atoms with E-state index in [1.165, 1.54) is 19.3 Å². The molecule has 1 saturated heterocycles. The van der Waals surface area contributed by atoms with Crippen LogP contribution in [0.4, 0.5) is 14.9 Å². The molecule has 1 heterocycles. The second-order valence-electron chi connectivity index (χ2n) is 7.82. The van der Waals surface area contributed by atoms with Crippen molar-refractivity contribution in [3.8, 4) is 5.75 Å². The standard InChI is InChI=1S/C27H23FN2O4/c1-3-17-9-12-21(13-10-17)30-26(32)22(25(31)29-27(30)33)14-18-8-11-20(24(15-18)34-2)16-19-6-4-5-7-23(19)28/h4-15H,3,16H2,1-2H3,(H,29,31,33)/b22-14+. The largest absolute Gasteiger partial charge is 0.496 e. The van der Waals surface area contributed by atoms with Gasteiger partial charge in [-0.05, 0) is 59.0 Å². The normalized spacial score (nSPS) is 15.0. The van der Waals surface area contributed by atoms with Gasteiger partial charge < -0.3 is 4.74 Å². The van der Waals surface area contributed by atoms with Crippen molar-refractivity contribution in [2.75, 3.05) is 12.0 Å². The minimum absolute atomic E-state index is 0.178. The first kappa shape index (κ1) is 22.9. The van der Waals surface area contributed by atoms with E-state index in [9.17, 15) is 18.8 Å². The predicted molar refractivity (Wildman–Crippen MR) is 127 cm³/mol. The van der Waals surface area contributed by atoms with Crippen molar-refractivity contribution in [1.82, 2.24) is 5.32 Å². The van der Waals surface area contributed by atoms with Crippen molar-refractivity contribution in [2.45, 2.75) is 19.8 Å². The maximum atomic E-state index is 14.1. The van der Waals surface area contributed by atoms with Crippen LogP contribution in [0.15, 0.2) is 72.3 Å². The zero-order valence-corrected chi connectivity index (χ0v) is 18.8. The Hall–Kier alpha value is -4.26. The minimum Gasteiger partial charge on any atom is -0.496 e. The Balaban J connectivity index is 1.65. The number of nitrogens with zero attached hydrogens (tertiary/aromatic N) is 1. The number of amides is 4. The highest BCUT2D eigenvalue weighted by Crippen LogP contribution is 2.27. The van der Waals surface area contributed by atoms with Gasteiger partial charge in [-0.1, -0.05) is 49.4 Å². The van der Waals surface area contributed by atoms with Gasteiger partial charge in [-0.2, -0.15) is 0 Å². The first-order valence-electron chi connectivity index (χ1n) is 10.8. The molecule has 172 valence electrons. The molecular weight excluding hydrogens is 435 g/mol. The fraction of sp³-hybridized carbons (Fsp3) is 0.148. The minimum atomic E-state index is -0.797. The van der Waals surface area contributed by atoms with Crippen LogP contribution in [-0.4, -0.2) is 25.0 Å². The summed E-state index contributed by atoms with van der Waals surface area (Å²) in [5, 5.41) is 2.22. The van der Waals surface area contributed by atoms with E-state index in [1.807, 2.05) is 19.1 Å². The zero-order chi connectivity index (χ0) is 24.2. The van der Waals surface area contributed by atoms with Crippen LogP contribution in [0, 0.1) is 5.82 Å². The molecule has 0 radical (unpaired) electrons.